The van der Waals surface area contributed by atoms with E-state index in [4.69, 9.17) is 4.42 Å². The Hall–Kier alpha value is -5.84. The van der Waals surface area contributed by atoms with Crippen LogP contribution in [0.4, 0.5) is 0 Å². The van der Waals surface area contributed by atoms with Crippen LogP contribution in [0.25, 0.3) is 97.1 Å². The monoisotopic (exact) mass is 604 g/mol. The lowest BCUT2D eigenvalue weighted by Crippen LogP contribution is -1.95. The van der Waals surface area contributed by atoms with Crippen molar-refractivity contribution in [2.24, 2.45) is 0 Å². The summed E-state index contributed by atoms with van der Waals surface area (Å²) < 4.78 is 14.1. The lowest BCUT2D eigenvalue weighted by molar-refractivity contribution is 0.666. The Kier molecular flexibility index (Phi) is 4.72. The molecule has 0 unspecified atom stereocenters. The highest BCUT2D eigenvalue weighted by Crippen LogP contribution is 2.44. The maximum atomic E-state index is 6.58. The van der Waals surface area contributed by atoms with Crippen LogP contribution in [-0.2, 0) is 0 Å². The molecule has 0 fully saturated rings. The minimum atomic E-state index is 0.904. The summed E-state index contributed by atoms with van der Waals surface area (Å²) in [5.41, 5.74) is 8.79. The van der Waals surface area contributed by atoms with Gasteiger partial charge in [-0.3, -0.25) is 0 Å². The van der Waals surface area contributed by atoms with Gasteiger partial charge in [0.05, 0.1) is 27.8 Å². The first-order valence-electron chi connectivity index (χ1n) is 15.6. The summed E-state index contributed by atoms with van der Waals surface area (Å²) in [6, 6.07) is 52.7. The van der Waals surface area contributed by atoms with Crippen molar-refractivity contribution in [2.45, 2.75) is 0 Å². The third kappa shape index (κ3) is 3.11. The zero-order chi connectivity index (χ0) is 29.9. The highest BCUT2D eigenvalue weighted by molar-refractivity contribution is 7.25. The molecular formula is C42H24N2OS. The number of benzene rings is 7. The normalized spacial score (nSPS) is 12.3. The molecule has 0 saturated carbocycles. The van der Waals surface area contributed by atoms with Crippen LogP contribution in [0.2, 0.25) is 0 Å². The van der Waals surface area contributed by atoms with Crippen molar-refractivity contribution in [1.29, 1.82) is 0 Å². The largest absolute Gasteiger partial charge is 0.454 e. The fourth-order valence-electron chi connectivity index (χ4n) is 7.80. The van der Waals surface area contributed by atoms with Crippen LogP contribution >= 0.6 is 11.3 Å². The van der Waals surface area contributed by atoms with Crippen molar-refractivity contribution in [3.8, 4) is 11.4 Å². The molecule has 0 atom stereocenters. The van der Waals surface area contributed by atoms with Crippen LogP contribution in [0.3, 0.4) is 0 Å². The van der Waals surface area contributed by atoms with Crippen molar-refractivity contribution in [3.05, 3.63) is 146 Å². The summed E-state index contributed by atoms with van der Waals surface area (Å²) in [5, 5.41) is 9.86. The minimum Gasteiger partial charge on any atom is -0.454 e. The van der Waals surface area contributed by atoms with Gasteiger partial charge in [0.1, 0.15) is 5.58 Å². The summed E-state index contributed by atoms with van der Waals surface area (Å²) in [4.78, 5) is 0. The fourth-order valence-corrected chi connectivity index (χ4v) is 8.88. The van der Waals surface area contributed by atoms with E-state index in [1.165, 1.54) is 58.4 Å². The standard InChI is InChI=1S/C42H24N2OS/c1-5-15-33-26(10-1)29-21-22-35-40(41(29)43(33)25-20-23-39-32(24-25)28-12-4-8-19-38(28)46-39)31-13-2-6-16-34(31)44(35)36-17-9-14-30-27-11-3-7-18-37(27)45-42(30)36/h1-24H. The van der Waals surface area contributed by atoms with Gasteiger partial charge in [-0.25, -0.2) is 0 Å². The summed E-state index contributed by atoms with van der Waals surface area (Å²) in [5.74, 6) is 0. The van der Waals surface area contributed by atoms with Gasteiger partial charge >= 0.3 is 0 Å². The summed E-state index contributed by atoms with van der Waals surface area (Å²) >= 11 is 1.86. The second-order valence-electron chi connectivity index (χ2n) is 12.1. The average Bonchev–Trinajstić information content (AvgIpc) is 3.85. The molecule has 0 saturated heterocycles. The van der Waals surface area contributed by atoms with E-state index in [9.17, 15) is 0 Å². The van der Waals surface area contributed by atoms with E-state index in [1.54, 1.807) is 0 Å². The second-order valence-corrected chi connectivity index (χ2v) is 13.2. The number of hydrogen-bond donors (Lipinski definition) is 0. The van der Waals surface area contributed by atoms with E-state index < -0.39 is 0 Å². The summed E-state index contributed by atoms with van der Waals surface area (Å²) in [7, 11) is 0. The van der Waals surface area contributed by atoms with Crippen molar-refractivity contribution in [1.82, 2.24) is 9.13 Å². The molecule has 214 valence electrons. The first-order chi connectivity index (χ1) is 22.8. The lowest BCUT2D eigenvalue weighted by Gasteiger charge is -2.11. The summed E-state index contributed by atoms with van der Waals surface area (Å²) in [6.45, 7) is 0. The van der Waals surface area contributed by atoms with E-state index in [0.29, 0.717) is 0 Å². The van der Waals surface area contributed by atoms with Gasteiger partial charge in [-0.15, -0.1) is 11.3 Å². The second kappa shape index (κ2) is 8.87. The molecule has 11 aromatic rings. The molecule has 0 amide bonds. The molecule has 0 spiro atoms. The number of thiophene rings is 1. The molecule has 46 heavy (non-hydrogen) atoms. The Morgan fingerprint density at radius 3 is 2.02 bits per heavy atom. The number of nitrogens with zero attached hydrogens (tertiary/aromatic N) is 2. The SMILES string of the molecule is c1ccc2c(c1)oc1c(-n3c4ccccc4c4c3ccc3c5ccccc5n(-c5ccc6sc7ccccc7c6c5)c34)cccc12. The smallest absolute Gasteiger partial charge is 0.159 e. The number of furan rings is 1. The van der Waals surface area contributed by atoms with Gasteiger partial charge in [0.15, 0.2) is 5.58 Å². The quantitative estimate of drug-likeness (QED) is 0.192. The molecule has 4 aromatic heterocycles. The van der Waals surface area contributed by atoms with Crippen LogP contribution in [0, 0.1) is 0 Å². The molecule has 4 heterocycles. The van der Waals surface area contributed by atoms with Gasteiger partial charge in [-0.05, 0) is 54.6 Å². The highest BCUT2D eigenvalue weighted by Gasteiger charge is 2.22. The maximum absolute atomic E-state index is 6.58. The van der Waals surface area contributed by atoms with E-state index in [1.807, 2.05) is 17.4 Å². The van der Waals surface area contributed by atoms with Gasteiger partial charge in [0.2, 0.25) is 0 Å². The van der Waals surface area contributed by atoms with Crippen molar-refractivity contribution >= 4 is 97.1 Å². The predicted octanol–water partition coefficient (Wildman–Crippen LogP) is 12.1. The Labute approximate surface area is 266 Å². The zero-order valence-electron chi connectivity index (χ0n) is 24.6. The zero-order valence-corrected chi connectivity index (χ0v) is 25.4. The van der Waals surface area contributed by atoms with Gasteiger partial charge in [-0.2, -0.15) is 0 Å². The Morgan fingerprint density at radius 1 is 0.435 bits per heavy atom. The molecule has 11 rings (SSSR count). The molecule has 7 aromatic carbocycles. The van der Waals surface area contributed by atoms with Crippen molar-refractivity contribution in [2.75, 3.05) is 0 Å². The molecule has 0 aliphatic carbocycles. The molecule has 0 aliphatic rings. The molecule has 4 heteroatoms. The number of rotatable bonds is 2. The maximum Gasteiger partial charge on any atom is 0.159 e. The topological polar surface area (TPSA) is 23.0 Å². The first kappa shape index (κ1) is 24.5. The molecular weight excluding hydrogens is 581 g/mol. The number of aromatic nitrogens is 2. The predicted molar refractivity (Wildman–Crippen MR) is 195 cm³/mol. The third-order valence-corrected chi connectivity index (χ3v) is 10.9. The van der Waals surface area contributed by atoms with E-state index in [2.05, 4.69) is 149 Å². The number of hydrogen-bond acceptors (Lipinski definition) is 2. The molecule has 0 N–H and O–H groups in total. The summed E-state index contributed by atoms with van der Waals surface area (Å²) in [6.07, 6.45) is 0. The lowest BCUT2D eigenvalue weighted by atomic mass is 10.1. The molecule has 3 nitrogen and oxygen atoms in total. The number of para-hydroxylation sites is 4. The fraction of sp³-hybridized carbons (Fsp3) is 0. The molecule has 0 aliphatic heterocycles. The van der Waals surface area contributed by atoms with E-state index in [0.717, 1.165) is 38.7 Å². The van der Waals surface area contributed by atoms with Crippen molar-refractivity contribution < 1.29 is 4.42 Å². The Bertz CT molecular complexity index is 3040. The number of fused-ring (bicyclic) bond motifs is 13. The average molecular weight is 605 g/mol. The molecule has 0 radical (unpaired) electrons. The van der Waals surface area contributed by atoms with Crippen LogP contribution in [0.5, 0.6) is 0 Å². The van der Waals surface area contributed by atoms with Crippen molar-refractivity contribution in [3.63, 3.8) is 0 Å². The minimum absolute atomic E-state index is 0.904. The first-order valence-corrected chi connectivity index (χ1v) is 16.4. The van der Waals surface area contributed by atoms with Gasteiger partial charge in [0, 0.05) is 58.2 Å². The van der Waals surface area contributed by atoms with Gasteiger partial charge in [0.25, 0.3) is 0 Å². The van der Waals surface area contributed by atoms with E-state index in [-0.39, 0.29) is 0 Å². The van der Waals surface area contributed by atoms with Gasteiger partial charge < -0.3 is 13.6 Å². The van der Waals surface area contributed by atoms with Crippen LogP contribution in [-0.4, -0.2) is 9.13 Å². The van der Waals surface area contributed by atoms with Gasteiger partial charge in [-0.1, -0.05) is 91.0 Å². The van der Waals surface area contributed by atoms with Crippen LogP contribution < -0.4 is 0 Å². The third-order valence-electron chi connectivity index (χ3n) is 9.71. The van der Waals surface area contributed by atoms with Crippen LogP contribution in [0.1, 0.15) is 0 Å². The van der Waals surface area contributed by atoms with E-state index >= 15 is 0 Å². The highest BCUT2D eigenvalue weighted by atomic mass is 32.1. The Morgan fingerprint density at radius 2 is 1.13 bits per heavy atom. The molecule has 0 bridgehead atoms. The van der Waals surface area contributed by atoms with Crippen LogP contribution in [0.15, 0.2) is 150 Å². The Balaban J connectivity index is 1.31.